The molecule has 11 heteroatoms. The number of para-hydroxylation sites is 2. The predicted octanol–water partition coefficient (Wildman–Crippen LogP) is 4.10. The summed E-state index contributed by atoms with van der Waals surface area (Å²) in [5, 5.41) is 3.73. The number of anilines is 2. The Morgan fingerprint density at radius 2 is 1.74 bits per heavy atom. The minimum Gasteiger partial charge on any atom is -0.351 e. The molecule has 0 spiro atoms. The molecule has 0 unspecified atom stereocenters. The van der Waals surface area contributed by atoms with Crippen LogP contribution in [0.3, 0.4) is 0 Å². The summed E-state index contributed by atoms with van der Waals surface area (Å²) in [6, 6.07) is 18.1. The Morgan fingerprint density at radius 3 is 2.47 bits per heavy atom. The fourth-order valence-electron chi connectivity index (χ4n) is 4.32. The van der Waals surface area contributed by atoms with E-state index in [1.165, 1.54) is 29.5 Å². The number of amides is 1. The Balaban J connectivity index is 1.14. The number of thiazole rings is 1. The van der Waals surface area contributed by atoms with Gasteiger partial charge in [0.2, 0.25) is 0 Å². The molecule has 5 rings (SSSR count). The number of hydrogen-bond acceptors (Lipinski definition) is 7. The van der Waals surface area contributed by atoms with Crippen LogP contribution in [0.1, 0.15) is 15.9 Å². The molecular weight excluding hydrogens is 525 g/mol. The van der Waals surface area contributed by atoms with Crippen molar-refractivity contribution in [3.05, 3.63) is 83.7 Å². The van der Waals surface area contributed by atoms with E-state index in [1.807, 2.05) is 13.0 Å². The van der Waals surface area contributed by atoms with Crippen molar-refractivity contribution in [1.82, 2.24) is 15.2 Å². The number of nitrogens with one attached hydrogen (secondary N) is 2. The average molecular weight is 554 g/mol. The van der Waals surface area contributed by atoms with Gasteiger partial charge in [0.15, 0.2) is 5.13 Å². The third-order valence-corrected chi connectivity index (χ3v) is 8.92. The Hall–Kier alpha value is -3.54. The SMILES string of the molecule is Cc1ccc(S(=O)(=O)Nc2ccccc2C(=O)NCCN2CCN(c3nc4c(F)cccc4s3)CC2)cc1. The fourth-order valence-corrected chi connectivity index (χ4v) is 6.43. The van der Waals surface area contributed by atoms with Gasteiger partial charge in [-0.15, -0.1) is 0 Å². The first-order valence-electron chi connectivity index (χ1n) is 12.3. The highest BCUT2D eigenvalue weighted by Crippen LogP contribution is 2.30. The molecule has 4 aromatic rings. The first kappa shape index (κ1) is 26.1. The van der Waals surface area contributed by atoms with Crippen molar-refractivity contribution in [2.24, 2.45) is 0 Å². The van der Waals surface area contributed by atoms with Crippen LogP contribution in [-0.4, -0.2) is 63.5 Å². The van der Waals surface area contributed by atoms with E-state index in [2.05, 4.69) is 24.8 Å². The summed E-state index contributed by atoms with van der Waals surface area (Å²) in [5.74, 6) is -0.647. The van der Waals surface area contributed by atoms with Crippen molar-refractivity contribution < 1.29 is 17.6 Å². The number of aromatic nitrogens is 1. The lowest BCUT2D eigenvalue weighted by Gasteiger charge is -2.34. The average Bonchev–Trinajstić information content (AvgIpc) is 3.35. The van der Waals surface area contributed by atoms with E-state index in [1.54, 1.807) is 42.5 Å². The van der Waals surface area contributed by atoms with Gasteiger partial charge in [-0.25, -0.2) is 17.8 Å². The second kappa shape index (κ2) is 11.1. The van der Waals surface area contributed by atoms with Crippen LogP contribution in [0.15, 0.2) is 71.6 Å². The molecule has 3 aromatic carbocycles. The Labute approximate surface area is 225 Å². The van der Waals surface area contributed by atoms with Gasteiger partial charge in [-0.2, -0.15) is 0 Å². The van der Waals surface area contributed by atoms with Crippen LogP contribution in [0.2, 0.25) is 0 Å². The predicted molar refractivity (Wildman–Crippen MR) is 149 cm³/mol. The quantitative estimate of drug-likeness (QED) is 0.341. The third kappa shape index (κ3) is 5.79. The number of benzene rings is 3. The summed E-state index contributed by atoms with van der Waals surface area (Å²) in [7, 11) is -3.83. The minimum atomic E-state index is -3.83. The van der Waals surface area contributed by atoms with Gasteiger partial charge in [-0.1, -0.05) is 47.2 Å². The molecule has 2 heterocycles. The topological polar surface area (TPSA) is 94.6 Å². The zero-order valence-electron chi connectivity index (χ0n) is 20.9. The van der Waals surface area contributed by atoms with Crippen molar-refractivity contribution >= 4 is 48.3 Å². The fraction of sp³-hybridized carbons (Fsp3) is 0.259. The maximum Gasteiger partial charge on any atom is 0.261 e. The van der Waals surface area contributed by atoms with Gasteiger partial charge < -0.3 is 10.2 Å². The summed E-state index contributed by atoms with van der Waals surface area (Å²) < 4.78 is 43.0. The highest BCUT2D eigenvalue weighted by Gasteiger charge is 2.22. The van der Waals surface area contributed by atoms with Crippen LogP contribution in [0.25, 0.3) is 10.2 Å². The molecule has 198 valence electrons. The van der Waals surface area contributed by atoms with E-state index in [9.17, 15) is 17.6 Å². The molecule has 1 aromatic heterocycles. The number of hydrogen-bond donors (Lipinski definition) is 2. The van der Waals surface area contributed by atoms with Crippen LogP contribution in [-0.2, 0) is 10.0 Å². The molecule has 0 bridgehead atoms. The summed E-state index contributed by atoms with van der Waals surface area (Å²) in [6.45, 7) is 6.07. The molecular formula is C27H28FN5O3S2. The van der Waals surface area contributed by atoms with Crippen molar-refractivity contribution in [2.45, 2.75) is 11.8 Å². The highest BCUT2D eigenvalue weighted by atomic mass is 32.2. The van der Waals surface area contributed by atoms with Gasteiger partial charge in [-0.3, -0.25) is 14.4 Å². The van der Waals surface area contributed by atoms with Crippen LogP contribution in [0, 0.1) is 12.7 Å². The van der Waals surface area contributed by atoms with Crippen LogP contribution >= 0.6 is 11.3 Å². The number of nitrogens with zero attached hydrogens (tertiary/aromatic N) is 3. The van der Waals surface area contributed by atoms with Crippen LogP contribution in [0.5, 0.6) is 0 Å². The van der Waals surface area contributed by atoms with Gasteiger partial charge in [0.1, 0.15) is 11.3 Å². The summed E-state index contributed by atoms with van der Waals surface area (Å²) in [6.07, 6.45) is 0. The molecule has 0 aliphatic carbocycles. The van der Waals surface area contributed by atoms with E-state index in [0.717, 1.165) is 41.6 Å². The lowest BCUT2D eigenvalue weighted by Crippen LogP contribution is -2.48. The van der Waals surface area contributed by atoms with E-state index < -0.39 is 10.0 Å². The molecule has 38 heavy (non-hydrogen) atoms. The summed E-state index contributed by atoms with van der Waals surface area (Å²) in [4.78, 5) is 21.9. The molecule has 0 atom stereocenters. The van der Waals surface area contributed by atoms with Gasteiger partial charge in [0.05, 0.1) is 20.8 Å². The maximum absolute atomic E-state index is 14.0. The molecule has 8 nitrogen and oxygen atoms in total. The Bertz CT molecular complexity index is 1550. The number of carbonyl (C=O) groups excluding carboxylic acids is 1. The van der Waals surface area contributed by atoms with Crippen molar-refractivity contribution in [3.8, 4) is 0 Å². The summed E-state index contributed by atoms with van der Waals surface area (Å²) >= 11 is 1.49. The van der Waals surface area contributed by atoms with Crippen LogP contribution < -0.4 is 14.9 Å². The van der Waals surface area contributed by atoms with E-state index >= 15 is 0 Å². The molecule has 1 aliphatic rings. The number of rotatable bonds is 8. The number of sulfonamides is 1. The van der Waals surface area contributed by atoms with E-state index in [4.69, 9.17) is 0 Å². The Morgan fingerprint density at radius 1 is 1.00 bits per heavy atom. The van der Waals surface area contributed by atoms with Gasteiger partial charge in [0.25, 0.3) is 15.9 Å². The normalized spacial score (nSPS) is 14.5. The first-order chi connectivity index (χ1) is 18.3. The number of halogens is 1. The molecule has 2 N–H and O–H groups in total. The maximum atomic E-state index is 14.0. The molecule has 1 amide bonds. The zero-order chi connectivity index (χ0) is 26.7. The van der Waals surface area contributed by atoms with Crippen molar-refractivity contribution in [2.75, 3.05) is 48.9 Å². The van der Waals surface area contributed by atoms with Crippen LogP contribution in [0.4, 0.5) is 15.2 Å². The van der Waals surface area contributed by atoms with Gasteiger partial charge >= 0.3 is 0 Å². The standard InChI is InChI=1S/C27H28FN5O3S2/c1-19-9-11-20(12-10-19)38(35,36)31-23-7-3-2-5-21(23)26(34)29-13-14-32-15-17-33(18-16-32)27-30-25-22(28)6-4-8-24(25)37-27/h2-12,31H,13-18H2,1H3,(H,29,34). The molecule has 0 saturated carbocycles. The minimum absolute atomic E-state index is 0.133. The largest absolute Gasteiger partial charge is 0.351 e. The molecule has 1 aliphatic heterocycles. The number of carbonyl (C=O) groups is 1. The smallest absolute Gasteiger partial charge is 0.261 e. The Kier molecular flexibility index (Phi) is 7.59. The van der Waals surface area contributed by atoms with Gasteiger partial charge in [0, 0.05) is 39.3 Å². The molecule has 0 radical (unpaired) electrons. The first-order valence-corrected chi connectivity index (χ1v) is 14.6. The van der Waals surface area contributed by atoms with Gasteiger partial charge in [-0.05, 0) is 43.3 Å². The van der Waals surface area contributed by atoms with E-state index in [0.29, 0.717) is 18.6 Å². The number of aryl methyl sites for hydroxylation is 1. The van der Waals surface area contributed by atoms with E-state index in [-0.39, 0.29) is 27.9 Å². The lowest BCUT2D eigenvalue weighted by atomic mass is 10.1. The van der Waals surface area contributed by atoms with Crippen molar-refractivity contribution in [3.63, 3.8) is 0 Å². The third-order valence-electron chi connectivity index (χ3n) is 6.46. The number of fused-ring (bicyclic) bond motifs is 1. The zero-order valence-corrected chi connectivity index (χ0v) is 22.5. The number of piperazine rings is 1. The molecule has 1 saturated heterocycles. The highest BCUT2D eigenvalue weighted by molar-refractivity contribution is 7.92. The molecule has 1 fully saturated rings. The second-order valence-electron chi connectivity index (χ2n) is 9.13. The summed E-state index contributed by atoms with van der Waals surface area (Å²) in [5.41, 5.74) is 1.86. The second-order valence-corrected chi connectivity index (χ2v) is 11.8. The monoisotopic (exact) mass is 553 g/mol. The van der Waals surface area contributed by atoms with Crippen molar-refractivity contribution in [1.29, 1.82) is 0 Å². The lowest BCUT2D eigenvalue weighted by molar-refractivity contribution is 0.0948.